The van der Waals surface area contributed by atoms with Crippen molar-refractivity contribution in [2.75, 3.05) is 21.3 Å². The lowest BCUT2D eigenvalue weighted by Gasteiger charge is -2.14. The number of carbonyl (C=O) groups excluding carboxylic acids is 2. The number of hydrogen-bond donors (Lipinski definition) is 1. The van der Waals surface area contributed by atoms with E-state index in [0.29, 0.717) is 45.2 Å². The van der Waals surface area contributed by atoms with Crippen LogP contribution < -0.4 is 14.2 Å². The smallest absolute Gasteiger partial charge is 0.195 e. The molecule has 3 aromatic carbocycles. The topological polar surface area (TPSA) is 82.1 Å². The first-order valence-electron chi connectivity index (χ1n) is 8.18. The van der Waals surface area contributed by atoms with Gasteiger partial charge in [0.2, 0.25) is 0 Å². The Bertz CT molecular complexity index is 1130. The predicted molar refractivity (Wildman–Crippen MR) is 99.5 cm³/mol. The predicted octanol–water partition coefficient (Wildman–Crippen LogP) is 3.60. The number of aromatic hydroxyl groups is 1. The molecule has 0 spiro atoms. The zero-order valence-corrected chi connectivity index (χ0v) is 15.0. The van der Waals surface area contributed by atoms with Crippen molar-refractivity contribution in [3.05, 3.63) is 47.0 Å². The fraction of sp³-hybridized carbons (Fsp3) is 0.143. The molecule has 0 heterocycles. The van der Waals surface area contributed by atoms with Crippen molar-refractivity contribution in [1.82, 2.24) is 0 Å². The molecular formula is C21H16O6. The van der Waals surface area contributed by atoms with Crippen molar-refractivity contribution in [2.45, 2.75) is 0 Å². The maximum Gasteiger partial charge on any atom is 0.195 e. The second kappa shape index (κ2) is 6.02. The van der Waals surface area contributed by atoms with Gasteiger partial charge in [-0.05, 0) is 35.2 Å². The third-order valence-corrected chi connectivity index (χ3v) is 4.86. The first-order chi connectivity index (χ1) is 13.0. The van der Waals surface area contributed by atoms with Gasteiger partial charge in [-0.25, -0.2) is 0 Å². The van der Waals surface area contributed by atoms with Gasteiger partial charge in [0.1, 0.15) is 0 Å². The number of aldehydes is 1. The molecule has 0 unspecified atom stereocenters. The molecule has 3 aromatic rings. The molecule has 4 rings (SSSR count). The number of methoxy groups -OCH3 is 3. The molecule has 136 valence electrons. The number of phenols is 1. The van der Waals surface area contributed by atoms with Crippen molar-refractivity contribution in [3.63, 3.8) is 0 Å². The number of hydrogen-bond acceptors (Lipinski definition) is 6. The van der Waals surface area contributed by atoms with Crippen molar-refractivity contribution in [1.29, 1.82) is 0 Å². The van der Waals surface area contributed by atoms with Gasteiger partial charge in [-0.3, -0.25) is 9.59 Å². The van der Waals surface area contributed by atoms with E-state index in [0.717, 1.165) is 0 Å². The third kappa shape index (κ3) is 2.19. The van der Waals surface area contributed by atoms with E-state index in [-0.39, 0.29) is 28.4 Å². The summed E-state index contributed by atoms with van der Waals surface area (Å²) in [5, 5.41) is 11.5. The highest BCUT2D eigenvalue weighted by molar-refractivity contribution is 6.29. The number of benzene rings is 3. The van der Waals surface area contributed by atoms with Crippen molar-refractivity contribution < 1.29 is 28.9 Å². The van der Waals surface area contributed by atoms with Gasteiger partial charge in [-0.2, -0.15) is 0 Å². The van der Waals surface area contributed by atoms with E-state index in [1.165, 1.54) is 27.4 Å². The van der Waals surface area contributed by atoms with Gasteiger partial charge in [0.05, 0.1) is 21.3 Å². The molecule has 1 aliphatic carbocycles. The molecule has 1 N–H and O–H groups in total. The fourth-order valence-corrected chi connectivity index (χ4v) is 3.70. The Morgan fingerprint density at radius 2 is 1.56 bits per heavy atom. The maximum absolute atomic E-state index is 13.1. The normalized spacial score (nSPS) is 11.9. The molecule has 6 nitrogen and oxygen atoms in total. The minimum Gasteiger partial charge on any atom is -0.504 e. The summed E-state index contributed by atoms with van der Waals surface area (Å²) in [6, 6.07) is 8.11. The zero-order chi connectivity index (χ0) is 19.3. The number of carbonyl (C=O) groups is 2. The van der Waals surface area contributed by atoms with Crippen LogP contribution in [0.5, 0.6) is 23.0 Å². The average Bonchev–Trinajstić information content (AvgIpc) is 2.98. The van der Waals surface area contributed by atoms with Gasteiger partial charge < -0.3 is 19.3 Å². The molecular weight excluding hydrogens is 348 g/mol. The lowest BCUT2D eigenvalue weighted by molar-refractivity contribution is 0.103. The first kappa shape index (κ1) is 16.9. The molecule has 0 aromatic heterocycles. The van der Waals surface area contributed by atoms with E-state index in [1.807, 2.05) is 0 Å². The number of rotatable bonds is 4. The molecule has 1 aliphatic rings. The Morgan fingerprint density at radius 3 is 2.15 bits per heavy atom. The van der Waals surface area contributed by atoms with Gasteiger partial charge >= 0.3 is 0 Å². The van der Waals surface area contributed by atoms with E-state index in [4.69, 9.17) is 14.2 Å². The molecule has 0 atom stereocenters. The summed E-state index contributed by atoms with van der Waals surface area (Å²) in [6.07, 6.45) is 0.663. The Kier molecular flexibility index (Phi) is 3.77. The lowest BCUT2D eigenvalue weighted by atomic mass is 9.93. The summed E-state index contributed by atoms with van der Waals surface area (Å²) < 4.78 is 16.1. The largest absolute Gasteiger partial charge is 0.504 e. The number of ketones is 1. The van der Waals surface area contributed by atoms with Crippen LogP contribution in [-0.4, -0.2) is 38.5 Å². The SMILES string of the molecule is COc1cc2c(cc1OC)-c1c(c(C=O)cc3ccc(O)c(OC)c13)C2=O. The van der Waals surface area contributed by atoms with E-state index < -0.39 is 0 Å². The van der Waals surface area contributed by atoms with E-state index >= 15 is 0 Å². The summed E-state index contributed by atoms with van der Waals surface area (Å²) >= 11 is 0. The van der Waals surface area contributed by atoms with E-state index in [9.17, 15) is 14.7 Å². The van der Waals surface area contributed by atoms with Crippen LogP contribution >= 0.6 is 0 Å². The van der Waals surface area contributed by atoms with Crippen LogP contribution in [-0.2, 0) is 0 Å². The van der Waals surface area contributed by atoms with Crippen LogP contribution in [0.2, 0.25) is 0 Å². The van der Waals surface area contributed by atoms with Gasteiger partial charge in [0.15, 0.2) is 35.1 Å². The second-order valence-electron chi connectivity index (χ2n) is 6.13. The van der Waals surface area contributed by atoms with Crippen LogP contribution in [0.25, 0.3) is 21.9 Å². The fourth-order valence-electron chi connectivity index (χ4n) is 3.70. The van der Waals surface area contributed by atoms with E-state index in [1.54, 1.807) is 24.3 Å². The summed E-state index contributed by atoms with van der Waals surface area (Å²) in [5.74, 6) is 0.796. The Balaban J connectivity index is 2.22. The quantitative estimate of drug-likeness (QED) is 0.557. The van der Waals surface area contributed by atoms with Crippen LogP contribution in [0.15, 0.2) is 30.3 Å². The maximum atomic E-state index is 13.1. The average molecular weight is 364 g/mol. The molecule has 0 radical (unpaired) electrons. The second-order valence-corrected chi connectivity index (χ2v) is 6.13. The van der Waals surface area contributed by atoms with Crippen LogP contribution in [0, 0.1) is 0 Å². The minimum absolute atomic E-state index is 0.0487. The summed E-state index contributed by atoms with van der Waals surface area (Å²) in [6.45, 7) is 0. The third-order valence-electron chi connectivity index (χ3n) is 4.86. The van der Waals surface area contributed by atoms with Crippen LogP contribution in [0.1, 0.15) is 26.3 Å². The monoisotopic (exact) mass is 364 g/mol. The van der Waals surface area contributed by atoms with Gasteiger partial charge in [0, 0.05) is 27.6 Å². The van der Waals surface area contributed by atoms with Crippen molar-refractivity contribution in [3.8, 4) is 34.1 Å². The Labute approximate surface area is 154 Å². The van der Waals surface area contributed by atoms with Crippen LogP contribution in [0.3, 0.4) is 0 Å². The van der Waals surface area contributed by atoms with Crippen molar-refractivity contribution >= 4 is 22.8 Å². The van der Waals surface area contributed by atoms with Gasteiger partial charge in [-0.15, -0.1) is 0 Å². The highest BCUT2D eigenvalue weighted by Gasteiger charge is 2.34. The highest BCUT2D eigenvalue weighted by Crippen LogP contribution is 2.50. The Morgan fingerprint density at radius 1 is 0.889 bits per heavy atom. The number of phenolic OH excluding ortho intramolecular Hbond substituents is 1. The molecule has 0 bridgehead atoms. The molecule has 0 saturated heterocycles. The van der Waals surface area contributed by atoms with Gasteiger partial charge in [-0.1, -0.05) is 6.07 Å². The summed E-state index contributed by atoms with van der Waals surface area (Å²) in [7, 11) is 4.44. The zero-order valence-electron chi connectivity index (χ0n) is 15.0. The summed E-state index contributed by atoms with van der Waals surface area (Å²) in [4.78, 5) is 24.8. The number of fused-ring (bicyclic) bond motifs is 5. The number of ether oxygens (including phenoxy) is 3. The van der Waals surface area contributed by atoms with Gasteiger partial charge in [0.25, 0.3) is 0 Å². The molecule has 6 heteroatoms. The molecule has 0 saturated carbocycles. The molecule has 0 fully saturated rings. The first-order valence-corrected chi connectivity index (χ1v) is 8.18. The molecule has 0 amide bonds. The lowest BCUT2D eigenvalue weighted by Crippen LogP contribution is -2.01. The highest BCUT2D eigenvalue weighted by atomic mass is 16.5. The minimum atomic E-state index is -0.282. The Hall–Kier alpha value is -3.54. The standard InChI is InChI=1S/C21H16O6/c1-25-15-7-12-13(8-16(15)26-2)20(24)17-11(9-22)6-10-4-5-14(23)21(27-3)18(10)19(12)17/h4-9,23H,1-3H3. The van der Waals surface area contributed by atoms with E-state index in [2.05, 4.69) is 0 Å². The van der Waals surface area contributed by atoms with Crippen LogP contribution in [0.4, 0.5) is 0 Å². The molecule has 27 heavy (non-hydrogen) atoms. The molecule has 0 aliphatic heterocycles. The summed E-state index contributed by atoms with van der Waals surface area (Å²) in [5.41, 5.74) is 2.12. The van der Waals surface area contributed by atoms with Crippen molar-refractivity contribution in [2.24, 2.45) is 0 Å².